The molecular weight excluding hydrogens is 384 g/mol. The molecule has 0 bridgehead atoms. The Morgan fingerprint density at radius 1 is 0.281 bits per heavy atom. The van der Waals surface area contributed by atoms with Crippen LogP contribution in [0.5, 0.6) is 0 Å². The Morgan fingerprint density at radius 2 is 0.500 bits per heavy atom. The predicted octanol–water partition coefficient (Wildman–Crippen LogP) is 12.3. The Labute approximate surface area is 206 Å². The molecule has 0 nitrogen and oxygen atoms in total. The van der Waals surface area contributed by atoms with Crippen molar-refractivity contribution in [3.63, 3.8) is 0 Å². The highest BCUT2D eigenvalue weighted by atomic mass is 14.1. The van der Waals surface area contributed by atoms with E-state index >= 15 is 0 Å². The fraction of sp³-hybridized carbons (Fsp3) is 1.00. The predicted molar refractivity (Wildman–Crippen MR) is 150 cm³/mol. The average Bonchev–Trinajstić information content (AvgIpc) is 2.77. The van der Waals surface area contributed by atoms with Crippen molar-refractivity contribution in [2.75, 3.05) is 0 Å². The number of unbranched alkanes of at least 4 members (excludes halogenated alkanes) is 14. The van der Waals surface area contributed by atoms with Gasteiger partial charge in [0.2, 0.25) is 0 Å². The van der Waals surface area contributed by atoms with Crippen molar-refractivity contribution < 1.29 is 0 Å². The molecule has 194 valence electrons. The molecule has 2 atom stereocenters. The Kier molecular flexibility index (Phi) is 25.6. The van der Waals surface area contributed by atoms with E-state index < -0.39 is 0 Å². The summed E-state index contributed by atoms with van der Waals surface area (Å²) >= 11 is 0. The summed E-state index contributed by atoms with van der Waals surface area (Å²) in [4.78, 5) is 0. The van der Waals surface area contributed by atoms with E-state index in [2.05, 4.69) is 34.6 Å². The van der Waals surface area contributed by atoms with E-state index in [0.29, 0.717) is 0 Å². The van der Waals surface area contributed by atoms with E-state index in [1.807, 2.05) is 0 Å². The molecule has 0 amide bonds. The summed E-state index contributed by atoms with van der Waals surface area (Å²) in [6.45, 7) is 12.1. The fourth-order valence-corrected chi connectivity index (χ4v) is 5.32. The lowest BCUT2D eigenvalue weighted by atomic mass is 9.90. The molecule has 0 saturated carbocycles. The first-order valence-electron chi connectivity index (χ1n) is 15.6. The molecule has 0 aromatic heterocycles. The highest BCUT2D eigenvalue weighted by Gasteiger charge is 2.08. The second kappa shape index (κ2) is 25.6. The van der Waals surface area contributed by atoms with Crippen molar-refractivity contribution >= 4 is 0 Å². The summed E-state index contributed by atoms with van der Waals surface area (Å²) in [6, 6.07) is 0. The summed E-state index contributed by atoms with van der Waals surface area (Å²) in [5.74, 6) is 2.85. The van der Waals surface area contributed by atoms with Crippen LogP contribution in [0, 0.1) is 17.8 Å². The van der Waals surface area contributed by atoms with E-state index in [1.54, 1.807) is 0 Å². The molecule has 0 fully saturated rings. The second-order valence-electron chi connectivity index (χ2n) is 11.7. The van der Waals surface area contributed by atoms with E-state index in [0.717, 1.165) is 17.8 Å². The van der Waals surface area contributed by atoms with Gasteiger partial charge in [-0.1, -0.05) is 189 Å². The third-order valence-corrected chi connectivity index (χ3v) is 7.89. The molecule has 0 heterocycles. The van der Waals surface area contributed by atoms with Gasteiger partial charge in [0.1, 0.15) is 0 Å². The lowest BCUT2D eigenvalue weighted by Gasteiger charge is -2.16. The molecule has 0 rings (SSSR count). The molecule has 0 aliphatic rings. The van der Waals surface area contributed by atoms with Gasteiger partial charge in [-0.2, -0.15) is 0 Å². The van der Waals surface area contributed by atoms with Gasteiger partial charge in [-0.15, -0.1) is 0 Å². The van der Waals surface area contributed by atoms with Gasteiger partial charge in [-0.25, -0.2) is 0 Å². The largest absolute Gasteiger partial charge is 0.0654 e. The van der Waals surface area contributed by atoms with Gasteiger partial charge in [0.05, 0.1) is 0 Å². The van der Waals surface area contributed by atoms with E-state index in [9.17, 15) is 0 Å². The number of hydrogen-bond donors (Lipinski definition) is 0. The normalized spacial score (nSPS) is 14.5. The lowest BCUT2D eigenvalue weighted by molar-refractivity contribution is 0.373. The Hall–Kier alpha value is 0. The first-order chi connectivity index (χ1) is 15.6. The summed E-state index contributed by atoms with van der Waals surface area (Å²) in [7, 11) is 0. The second-order valence-corrected chi connectivity index (χ2v) is 11.7. The summed E-state index contributed by atoms with van der Waals surface area (Å²) in [6.07, 6.45) is 35.0. The molecule has 0 aliphatic carbocycles. The van der Waals surface area contributed by atoms with Gasteiger partial charge in [-0.3, -0.25) is 0 Å². The zero-order valence-electron chi connectivity index (χ0n) is 23.7. The van der Waals surface area contributed by atoms with Crippen LogP contribution in [0.4, 0.5) is 0 Å². The Morgan fingerprint density at radius 3 is 0.781 bits per heavy atom. The van der Waals surface area contributed by atoms with Crippen LogP contribution in [0.2, 0.25) is 0 Å². The highest BCUT2D eigenvalue weighted by molar-refractivity contribution is 4.61. The minimum Gasteiger partial charge on any atom is -0.0654 e. The molecule has 0 aromatic rings. The molecule has 2 unspecified atom stereocenters. The van der Waals surface area contributed by atoms with Crippen LogP contribution in [0.15, 0.2) is 0 Å². The van der Waals surface area contributed by atoms with Crippen molar-refractivity contribution in [2.45, 2.75) is 189 Å². The van der Waals surface area contributed by atoms with Crippen molar-refractivity contribution in [1.29, 1.82) is 0 Å². The average molecular weight is 451 g/mol. The molecule has 0 radical (unpaired) electrons. The van der Waals surface area contributed by atoms with Crippen molar-refractivity contribution in [3.05, 3.63) is 0 Å². The lowest BCUT2D eigenvalue weighted by Crippen LogP contribution is -2.01. The number of hydrogen-bond acceptors (Lipinski definition) is 0. The first-order valence-corrected chi connectivity index (χ1v) is 15.6. The summed E-state index contributed by atoms with van der Waals surface area (Å²) in [5, 5.41) is 0. The van der Waals surface area contributed by atoms with Gasteiger partial charge in [0.15, 0.2) is 0 Å². The maximum Gasteiger partial charge on any atom is -0.0443 e. The van der Waals surface area contributed by atoms with Crippen LogP contribution in [0.1, 0.15) is 189 Å². The smallest absolute Gasteiger partial charge is 0.0443 e. The Balaban J connectivity index is 3.41. The fourth-order valence-electron chi connectivity index (χ4n) is 5.32. The zero-order valence-corrected chi connectivity index (χ0v) is 23.7. The van der Waals surface area contributed by atoms with Crippen molar-refractivity contribution in [3.8, 4) is 0 Å². The molecule has 0 N–H and O–H groups in total. The standard InChI is InChI=1S/C32H66/c1-6-8-10-12-14-16-18-20-24-30(3)26-22-28-32(5)29-23-27-31(4)25-21-19-17-15-13-11-9-7-2/h30-32H,6-29H2,1-5H3. The minimum atomic E-state index is 0.945. The molecule has 0 aliphatic heterocycles. The number of rotatable bonds is 26. The third kappa shape index (κ3) is 24.6. The topological polar surface area (TPSA) is 0 Å². The van der Waals surface area contributed by atoms with E-state index in [-0.39, 0.29) is 0 Å². The maximum absolute atomic E-state index is 2.51. The van der Waals surface area contributed by atoms with E-state index in [1.165, 1.54) is 154 Å². The van der Waals surface area contributed by atoms with Gasteiger partial charge in [0.25, 0.3) is 0 Å². The maximum atomic E-state index is 2.51. The van der Waals surface area contributed by atoms with Crippen LogP contribution in [-0.4, -0.2) is 0 Å². The van der Waals surface area contributed by atoms with E-state index in [4.69, 9.17) is 0 Å². The van der Waals surface area contributed by atoms with Crippen LogP contribution in [0.25, 0.3) is 0 Å². The van der Waals surface area contributed by atoms with Gasteiger partial charge in [-0.05, 0) is 17.8 Å². The van der Waals surface area contributed by atoms with Crippen LogP contribution in [0.3, 0.4) is 0 Å². The first kappa shape index (κ1) is 32.0. The van der Waals surface area contributed by atoms with Gasteiger partial charge in [0, 0.05) is 0 Å². The SMILES string of the molecule is CCCCCCCCCCC(C)CCCC(C)CCCC(C)CCCCCCCCCC. The molecular formula is C32H66. The minimum absolute atomic E-state index is 0.945. The summed E-state index contributed by atoms with van der Waals surface area (Å²) in [5.41, 5.74) is 0. The van der Waals surface area contributed by atoms with Gasteiger partial charge >= 0.3 is 0 Å². The molecule has 32 heavy (non-hydrogen) atoms. The highest BCUT2D eigenvalue weighted by Crippen LogP contribution is 2.23. The molecule has 0 saturated heterocycles. The third-order valence-electron chi connectivity index (χ3n) is 7.89. The monoisotopic (exact) mass is 451 g/mol. The quantitative estimate of drug-likeness (QED) is 0.115. The van der Waals surface area contributed by atoms with Crippen LogP contribution >= 0.6 is 0 Å². The molecule has 0 aromatic carbocycles. The zero-order chi connectivity index (χ0) is 23.7. The molecule has 0 spiro atoms. The van der Waals surface area contributed by atoms with Crippen LogP contribution in [-0.2, 0) is 0 Å². The van der Waals surface area contributed by atoms with Crippen molar-refractivity contribution in [2.24, 2.45) is 17.8 Å². The Bertz CT molecular complexity index is 301. The molecule has 0 heteroatoms. The van der Waals surface area contributed by atoms with Gasteiger partial charge < -0.3 is 0 Å². The summed E-state index contributed by atoms with van der Waals surface area (Å²) < 4.78 is 0. The van der Waals surface area contributed by atoms with Crippen molar-refractivity contribution in [1.82, 2.24) is 0 Å². The van der Waals surface area contributed by atoms with Crippen LogP contribution < -0.4 is 0 Å².